The monoisotopic (exact) mass is 556 g/mol. The number of hydrogen-bond acceptors (Lipinski definition) is 5. The third-order valence-corrected chi connectivity index (χ3v) is 5.04. The number of ether oxygens (including phenoxy) is 1. The summed E-state index contributed by atoms with van der Waals surface area (Å²) in [4.78, 5) is 8.83. The van der Waals surface area contributed by atoms with Crippen LogP contribution in [-0.4, -0.2) is 29.1 Å². The second-order valence-corrected chi connectivity index (χ2v) is 7.64. The van der Waals surface area contributed by atoms with E-state index in [0.717, 1.165) is 11.1 Å². The lowest BCUT2D eigenvalue weighted by molar-refractivity contribution is 0.0621. The largest absolute Gasteiger partial charge is 0.439 e. The first kappa shape index (κ1) is 25.0. The van der Waals surface area contributed by atoms with E-state index < -0.39 is 5.60 Å². The van der Waals surface area contributed by atoms with E-state index in [9.17, 15) is 9.50 Å². The van der Waals surface area contributed by atoms with Gasteiger partial charge in [0.2, 0.25) is 5.88 Å². The number of aliphatic hydroxyl groups is 1. The van der Waals surface area contributed by atoms with Crippen LogP contribution in [0.4, 0.5) is 4.39 Å². The van der Waals surface area contributed by atoms with Crippen molar-refractivity contribution in [3.8, 4) is 11.6 Å². The highest BCUT2D eigenvalue weighted by Crippen LogP contribution is 2.24. The number of benzene rings is 1. The van der Waals surface area contributed by atoms with Crippen molar-refractivity contribution in [1.29, 1.82) is 0 Å². The average Bonchev–Trinajstić information content (AvgIpc) is 3.27. The number of rotatable bonds is 8. The van der Waals surface area contributed by atoms with Crippen LogP contribution in [0.2, 0.25) is 0 Å². The number of nitrogens with zero attached hydrogens (tertiary/aromatic N) is 2. The Hall–Kier alpha value is -2.24. The van der Waals surface area contributed by atoms with E-state index in [-0.39, 0.29) is 29.8 Å². The Balaban J connectivity index is 0.00000341. The lowest BCUT2D eigenvalue weighted by Crippen LogP contribution is -2.44. The van der Waals surface area contributed by atoms with Gasteiger partial charge in [0.05, 0.1) is 13.1 Å². The summed E-state index contributed by atoms with van der Waals surface area (Å²) in [6.45, 7) is 5.00. The summed E-state index contributed by atoms with van der Waals surface area (Å²) < 4.78 is 19.2. The van der Waals surface area contributed by atoms with Crippen molar-refractivity contribution < 1.29 is 14.2 Å². The SMILES string of the molecule is CCNC(=NCc1cccnc1Oc1cccc(F)c1)NCC(C)(O)c1ccsc1.I. The minimum atomic E-state index is -1.02. The Morgan fingerprint density at radius 2 is 2.10 bits per heavy atom. The van der Waals surface area contributed by atoms with Gasteiger partial charge in [-0.15, -0.1) is 24.0 Å². The van der Waals surface area contributed by atoms with Crippen molar-refractivity contribution in [2.45, 2.75) is 26.0 Å². The van der Waals surface area contributed by atoms with Gasteiger partial charge in [0.25, 0.3) is 0 Å². The molecule has 0 radical (unpaired) electrons. The number of nitrogens with one attached hydrogen (secondary N) is 2. The first-order valence-corrected chi connectivity index (χ1v) is 10.6. The molecule has 0 aliphatic rings. The van der Waals surface area contributed by atoms with Gasteiger partial charge in [-0.25, -0.2) is 14.4 Å². The van der Waals surface area contributed by atoms with Gasteiger partial charge in [-0.1, -0.05) is 12.1 Å². The van der Waals surface area contributed by atoms with Crippen LogP contribution in [0.15, 0.2) is 64.4 Å². The maximum Gasteiger partial charge on any atom is 0.224 e. The molecule has 2 heterocycles. The van der Waals surface area contributed by atoms with E-state index in [1.165, 1.54) is 12.1 Å². The van der Waals surface area contributed by atoms with Gasteiger partial charge in [0.15, 0.2) is 5.96 Å². The van der Waals surface area contributed by atoms with Crippen molar-refractivity contribution in [2.75, 3.05) is 13.1 Å². The van der Waals surface area contributed by atoms with E-state index in [1.807, 2.05) is 29.8 Å². The molecule has 0 fully saturated rings. The summed E-state index contributed by atoms with van der Waals surface area (Å²) in [5.41, 5.74) is 0.591. The van der Waals surface area contributed by atoms with E-state index in [4.69, 9.17) is 4.74 Å². The van der Waals surface area contributed by atoms with Crippen LogP contribution < -0.4 is 15.4 Å². The van der Waals surface area contributed by atoms with Crippen LogP contribution in [0.1, 0.15) is 25.0 Å². The van der Waals surface area contributed by atoms with Crippen LogP contribution in [0.3, 0.4) is 0 Å². The Kier molecular flexibility index (Phi) is 9.66. The smallest absolute Gasteiger partial charge is 0.224 e. The zero-order chi connectivity index (χ0) is 21.4. The minimum absolute atomic E-state index is 0. The Bertz CT molecular complexity index is 983. The summed E-state index contributed by atoms with van der Waals surface area (Å²) in [6, 6.07) is 11.5. The predicted molar refractivity (Wildman–Crippen MR) is 133 cm³/mol. The normalized spacial score (nSPS) is 13.1. The first-order valence-electron chi connectivity index (χ1n) is 9.62. The highest BCUT2D eigenvalue weighted by molar-refractivity contribution is 14.0. The molecule has 6 nitrogen and oxygen atoms in total. The predicted octanol–water partition coefficient (Wildman–Crippen LogP) is 4.66. The lowest BCUT2D eigenvalue weighted by atomic mass is 9.99. The maximum atomic E-state index is 13.4. The molecule has 166 valence electrons. The number of pyridine rings is 1. The average molecular weight is 556 g/mol. The van der Waals surface area contributed by atoms with Crippen molar-refractivity contribution in [3.63, 3.8) is 0 Å². The topological polar surface area (TPSA) is 78.8 Å². The zero-order valence-electron chi connectivity index (χ0n) is 17.3. The molecule has 0 saturated carbocycles. The van der Waals surface area contributed by atoms with Crippen LogP contribution in [-0.2, 0) is 12.1 Å². The molecule has 3 rings (SSSR count). The maximum absolute atomic E-state index is 13.4. The van der Waals surface area contributed by atoms with Crippen LogP contribution in [0.25, 0.3) is 0 Å². The van der Waals surface area contributed by atoms with E-state index in [1.54, 1.807) is 42.7 Å². The lowest BCUT2D eigenvalue weighted by Gasteiger charge is -2.24. The molecule has 0 spiro atoms. The van der Waals surface area contributed by atoms with Gasteiger partial charge in [-0.2, -0.15) is 11.3 Å². The van der Waals surface area contributed by atoms with Crippen molar-refractivity contribution in [3.05, 3.63) is 76.4 Å². The van der Waals surface area contributed by atoms with E-state index in [0.29, 0.717) is 37.2 Å². The second kappa shape index (κ2) is 12.0. The van der Waals surface area contributed by atoms with Crippen molar-refractivity contribution in [1.82, 2.24) is 15.6 Å². The number of aliphatic imine (C=N–C) groups is 1. The molecule has 0 aliphatic carbocycles. The molecule has 0 aliphatic heterocycles. The minimum Gasteiger partial charge on any atom is -0.439 e. The van der Waals surface area contributed by atoms with E-state index in [2.05, 4.69) is 20.6 Å². The number of guanidine groups is 1. The molecule has 1 atom stereocenters. The standard InChI is InChI=1S/C22H25FN4O2S.HI/c1-3-24-21(27-15-22(2,28)17-9-11-30-14-17)26-13-16-6-5-10-25-20(16)29-19-8-4-7-18(23)12-19;/h4-12,14,28H,3,13,15H2,1-2H3,(H2,24,26,27);1H. The van der Waals surface area contributed by atoms with Gasteiger partial charge < -0.3 is 20.5 Å². The molecule has 3 aromatic rings. The van der Waals surface area contributed by atoms with Gasteiger partial charge >= 0.3 is 0 Å². The van der Waals surface area contributed by atoms with Crippen molar-refractivity contribution >= 4 is 41.3 Å². The summed E-state index contributed by atoms with van der Waals surface area (Å²) in [5, 5.41) is 20.9. The summed E-state index contributed by atoms with van der Waals surface area (Å²) >= 11 is 1.54. The molecular formula is C22H26FIN4O2S. The van der Waals surface area contributed by atoms with Crippen LogP contribution in [0.5, 0.6) is 11.6 Å². The summed E-state index contributed by atoms with van der Waals surface area (Å²) in [7, 11) is 0. The third-order valence-electron chi connectivity index (χ3n) is 4.36. The molecule has 9 heteroatoms. The fourth-order valence-electron chi connectivity index (χ4n) is 2.71. The summed E-state index contributed by atoms with van der Waals surface area (Å²) in [5.74, 6) is 0.927. The van der Waals surface area contributed by atoms with E-state index >= 15 is 0 Å². The molecule has 0 amide bonds. The Morgan fingerprint density at radius 1 is 1.26 bits per heavy atom. The Morgan fingerprint density at radius 3 is 2.81 bits per heavy atom. The van der Waals surface area contributed by atoms with Gasteiger partial charge in [0, 0.05) is 24.4 Å². The Labute approximate surface area is 202 Å². The summed E-state index contributed by atoms with van der Waals surface area (Å²) in [6.07, 6.45) is 1.61. The molecule has 2 aromatic heterocycles. The molecule has 0 saturated heterocycles. The van der Waals surface area contributed by atoms with Crippen LogP contribution >= 0.6 is 35.3 Å². The molecular weight excluding hydrogens is 530 g/mol. The molecule has 3 N–H and O–H groups in total. The van der Waals surface area contributed by atoms with Gasteiger partial charge in [0.1, 0.15) is 17.2 Å². The molecule has 1 aromatic carbocycles. The second-order valence-electron chi connectivity index (χ2n) is 6.86. The highest BCUT2D eigenvalue weighted by atomic mass is 127. The van der Waals surface area contributed by atoms with Gasteiger partial charge in [-0.3, -0.25) is 0 Å². The quantitative estimate of drug-likeness (QED) is 0.214. The van der Waals surface area contributed by atoms with Crippen LogP contribution in [0, 0.1) is 5.82 Å². The molecule has 0 bridgehead atoms. The van der Waals surface area contributed by atoms with Crippen molar-refractivity contribution in [2.24, 2.45) is 4.99 Å². The zero-order valence-corrected chi connectivity index (χ0v) is 20.5. The number of thiophene rings is 1. The van der Waals surface area contributed by atoms with Gasteiger partial charge in [-0.05, 0) is 54.4 Å². The molecule has 31 heavy (non-hydrogen) atoms. The number of hydrogen-bond donors (Lipinski definition) is 3. The first-order chi connectivity index (χ1) is 14.5. The number of halogens is 2. The third kappa shape index (κ3) is 7.44. The molecule has 1 unspecified atom stereocenters. The number of aromatic nitrogens is 1. The highest BCUT2D eigenvalue weighted by Gasteiger charge is 2.23. The fourth-order valence-corrected chi connectivity index (χ4v) is 3.50. The fraction of sp³-hybridized carbons (Fsp3) is 0.273.